The van der Waals surface area contributed by atoms with E-state index in [0.29, 0.717) is 11.3 Å². The maximum absolute atomic E-state index is 11.4. The number of fused-ring (bicyclic) bond motifs is 1. The molecule has 144 valence electrons. The highest BCUT2D eigenvalue weighted by Gasteiger charge is 2.52. The summed E-state index contributed by atoms with van der Waals surface area (Å²) >= 11 is 2.00. The smallest absolute Gasteiger partial charge is 0.337 e. The van der Waals surface area contributed by atoms with E-state index in [9.17, 15) is 9.90 Å². The van der Waals surface area contributed by atoms with Crippen LogP contribution in [-0.4, -0.2) is 16.1 Å². The lowest BCUT2D eigenvalue weighted by molar-refractivity contribution is 0.0695. The zero-order valence-electron chi connectivity index (χ0n) is 17.2. The van der Waals surface area contributed by atoms with Crippen LogP contribution in [0.3, 0.4) is 0 Å². The molecule has 0 atom stereocenters. The van der Waals surface area contributed by atoms with E-state index in [2.05, 4.69) is 34.6 Å². The van der Waals surface area contributed by atoms with E-state index in [1.165, 1.54) is 23.3 Å². The zero-order valence-corrected chi connectivity index (χ0v) is 18.0. The first-order valence-electron chi connectivity index (χ1n) is 9.86. The van der Waals surface area contributed by atoms with Crippen molar-refractivity contribution < 1.29 is 9.90 Å². The van der Waals surface area contributed by atoms with Gasteiger partial charge in [0.1, 0.15) is 0 Å². The van der Waals surface area contributed by atoms with Crippen molar-refractivity contribution in [3.05, 3.63) is 50.0 Å². The number of aromatic nitrogens is 1. The molecule has 0 aromatic carbocycles. The average molecular weight is 384 g/mol. The van der Waals surface area contributed by atoms with Crippen LogP contribution in [0.15, 0.2) is 12.1 Å². The summed E-state index contributed by atoms with van der Waals surface area (Å²) in [4.78, 5) is 19.1. The number of carbonyl (C=O) groups is 1. The van der Waals surface area contributed by atoms with Crippen LogP contribution in [0.4, 0.5) is 0 Å². The highest BCUT2D eigenvalue weighted by molar-refractivity contribution is 7.12. The molecule has 27 heavy (non-hydrogen) atoms. The number of carboxylic acids is 1. The summed E-state index contributed by atoms with van der Waals surface area (Å²) in [6, 6.07) is 3.68. The number of nitrogens with zero attached hydrogens (tertiary/aromatic N) is 1. The molecule has 0 aliphatic heterocycles. The Labute approximate surface area is 165 Å². The van der Waals surface area contributed by atoms with E-state index in [4.69, 9.17) is 4.98 Å². The number of aryl methyl sites for hydroxylation is 1. The fourth-order valence-electron chi connectivity index (χ4n) is 4.90. The lowest BCUT2D eigenvalue weighted by Crippen LogP contribution is -2.32. The molecule has 1 N–H and O–H groups in total. The van der Waals surface area contributed by atoms with Crippen molar-refractivity contribution in [1.82, 2.24) is 4.98 Å². The molecule has 1 saturated carbocycles. The van der Waals surface area contributed by atoms with Gasteiger partial charge < -0.3 is 5.11 Å². The first-order chi connectivity index (χ1) is 12.5. The van der Waals surface area contributed by atoms with Gasteiger partial charge in [-0.2, -0.15) is 0 Å². The Kier molecular flexibility index (Phi) is 3.92. The van der Waals surface area contributed by atoms with Crippen LogP contribution in [0, 0.1) is 13.8 Å². The third-order valence-electron chi connectivity index (χ3n) is 6.80. The molecule has 2 aliphatic rings. The van der Waals surface area contributed by atoms with Gasteiger partial charge in [-0.3, -0.25) is 4.98 Å². The highest BCUT2D eigenvalue weighted by atomic mass is 32.1. The lowest BCUT2D eigenvalue weighted by atomic mass is 9.65. The normalized spacial score (nSPS) is 21.6. The highest BCUT2D eigenvalue weighted by Crippen LogP contribution is 2.60. The lowest BCUT2D eigenvalue weighted by Gasteiger charge is -2.40. The Balaban J connectivity index is 1.87. The van der Waals surface area contributed by atoms with Crippen LogP contribution >= 0.6 is 11.3 Å². The van der Waals surface area contributed by atoms with Crippen LogP contribution in [0.1, 0.15) is 96.0 Å². The summed E-state index contributed by atoms with van der Waals surface area (Å²) in [5.41, 5.74) is 5.41. The standard InChI is InChI=1S/C23H29NO2S/c1-13-17-19(22(5,6)10-9-21(17,3)4)27-18(13)23(11-12-23)16-8-7-15(20(25)26)14(2)24-16/h7-8H,9-12H2,1-6H3,(H,25,26). The van der Waals surface area contributed by atoms with Crippen molar-refractivity contribution >= 4 is 17.3 Å². The van der Waals surface area contributed by atoms with Gasteiger partial charge in [0, 0.05) is 15.2 Å². The van der Waals surface area contributed by atoms with Crippen LogP contribution in [-0.2, 0) is 16.2 Å². The predicted octanol–water partition coefficient (Wildman–Crippen LogP) is 5.89. The third kappa shape index (κ3) is 2.67. The maximum Gasteiger partial charge on any atom is 0.337 e. The molecule has 0 amide bonds. The number of hydrogen-bond donors (Lipinski definition) is 1. The number of hydrogen-bond acceptors (Lipinski definition) is 3. The minimum atomic E-state index is -0.900. The quantitative estimate of drug-likeness (QED) is 0.719. The summed E-state index contributed by atoms with van der Waals surface area (Å²) in [7, 11) is 0. The molecule has 4 heteroatoms. The summed E-state index contributed by atoms with van der Waals surface area (Å²) in [6.07, 6.45) is 4.66. The largest absolute Gasteiger partial charge is 0.478 e. The maximum atomic E-state index is 11.4. The average Bonchev–Trinajstić information content (AvgIpc) is 3.28. The molecular formula is C23H29NO2S. The van der Waals surface area contributed by atoms with Gasteiger partial charge >= 0.3 is 5.97 Å². The first-order valence-corrected chi connectivity index (χ1v) is 10.7. The van der Waals surface area contributed by atoms with Gasteiger partial charge in [0.15, 0.2) is 0 Å². The monoisotopic (exact) mass is 383 g/mol. The number of carboxylic acid groups (broad SMARTS) is 1. The predicted molar refractivity (Wildman–Crippen MR) is 110 cm³/mol. The molecule has 2 heterocycles. The molecular weight excluding hydrogens is 354 g/mol. The Hall–Kier alpha value is -1.68. The van der Waals surface area contributed by atoms with E-state index < -0.39 is 5.97 Å². The van der Waals surface area contributed by atoms with E-state index in [1.54, 1.807) is 16.5 Å². The van der Waals surface area contributed by atoms with Gasteiger partial charge in [-0.05, 0) is 73.6 Å². The molecule has 0 unspecified atom stereocenters. The molecule has 2 aromatic rings. The van der Waals surface area contributed by atoms with Crippen molar-refractivity contribution in [1.29, 1.82) is 0 Å². The van der Waals surface area contributed by atoms with E-state index in [0.717, 1.165) is 18.5 Å². The summed E-state index contributed by atoms with van der Waals surface area (Å²) in [6.45, 7) is 13.6. The Morgan fingerprint density at radius 3 is 2.15 bits per heavy atom. The fraction of sp³-hybridized carbons (Fsp3) is 0.565. The molecule has 2 aliphatic carbocycles. The van der Waals surface area contributed by atoms with E-state index in [1.807, 2.05) is 24.3 Å². The SMILES string of the molecule is Cc1nc(C2(c3sc4c(c3C)C(C)(C)CCC4(C)C)CC2)ccc1C(=O)O. The number of aromatic carboxylic acids is 1. The minimum absolute atomic E-state index is 0.0138. The Bertz CT molecular complexity index is 948. The second-order valence-corrected chi connectivity index (χ2v) is 10.8. The molecule has 2 aromatic heterocycles. The Morgan fingerprint density at radius 2 is 1.63 bits per heavy atom. The van der Waals surface area contributed by atoms with E-state index >= 15 is 0 Å². The second-order valence-electron chi connectivity index (χ2n) is 9.74. The first kappa shape index (κ1) is 18.7. The number of thiophene rings is 1. The van der Waals surface area contributed by atoms with Crippen molar-refractivity contribution in [2.45, 2.75) is 83.5 Å². The topological polar surface area (TPSA) is 50.2 Å². The van der Waals surface area contributed by atoms with Crippen molar-refractivity contribution in [2.24, 2.45) is 0 Å². The van der Waals surface area contributed by atoms with Gasteiger partial charge in [0.05, 0.1) is 17.0 Å². The van der Waals surface area contributed by atoms with Gasteiger partial charge in [-0.25, -0.2) is 4.79 Å². The molecule has 0 saturated heterocycles. The van der Waals surface area contributed by atoms with Gasteiger partial charge in [0.25, 0.3) is 0 Å². The van der Waals surface area contributed by atoms with Crippen molar-refractivity contribution in [3.8, 4) is 0 Å². The van der Waals surface area contributed by atoms with Gasteiger partial charge in [0.2, 0.25) is 0 Å². The molecule has 0 radical (unpaired) electrons. The summed E-state index contributed by atoms with van der Waals surface area (Å²) in [5, 5.41) is 9.32. The number of pyridine rings is 1. The molecule has 0 bridgehead atoms. The summed E-state index contributed by atoms with van der Waals surface area (Å²) < 4.78 is 0. The third-order valence-corrected chi connectivity index (χ3v) is 8.67. The number of rotatable bonds is 3. The van der Waals surface area contributed by atoms with E-state index in [-0.39, 0.29) is 16.2 Å². The van der Waals surface area contributed by atoms with Crippen LogP contribution in [0.25, 0.3) is 0 Å². The van der Waals surface area contributed by atoms with Gasteiger partial charge in [-0.15, -0.1) is 11.3 Å². The molecule has 3 nitrogen and oxygen atoms in total. The fourth-order valence-corrected chi connectivity index (χ4v) is 6.78. The summed E-state index contributed by atoms with van der Waals surface area (Å²) in [5.74, 6) is -0.900. The zero-order chi connectivity index (χ0) is 19.8. The van der Waals surface area contributed by atoms with Crippen LogP contribution < -0.4 is 0 Å². The molecule has 1 fully saturated rings. The minimum Gasteiger partial charge on any atom is -0.478 e. The van der Waals surface area contributed by atoms with Crippen LogP contribution in [0.5, 0.6) is 0 Å². The van der Waals surface area contributed by atoms with Crippen molar-refractivity contribution in [3.63, 3.8) is 0 Å². The van der Waals surface area contributed by atoms with Gasteiger partial charge in [-0.1, -0.05) is 27.7 Å². The molecule has 4 rings (SSSR count). The van der Waals surface area contributed by atoms with Crippen molar-refractivity contribution in [2.75, 3.05) is 0 Å². The van der Waals surface area contributed by atoms with Crippen LogP contribution in [0.2, 0.25) is 0 Å². The molecule has 0 spiro atoms. The second kappa shape index (κ2) is 5.66. The Morgan fingerprint density at radius 1 is 1.00 bits per heavy atom.